The zero-order valence-electron chi connectivity index (χ0n) is 15.6. The van der Waals surface area contributed by atoms with Crippen LogP contribution in [0, 0.1) is 13.8 Å². The van der Waals surface area contributed by atoms with Gasteiger partial charge >= 0.3 is 5.97 Å². The summed E-state index contributed by atoms with van der Waals surface area (Å²) >= 11 is 2.45. The summed E-state index contributed by atoms with van der Waals surface area (Å²) in [4.78, 5) is 45.2. The molecule has 2 rings (SSSR count). The van der Waals surface area contributed by atoms with Crippen LogP contribution in [0.3, 0.4) is 0 Å². The Morgan fingerprint density at radius 3 is 2.52 bits per heavy atom. The lowest BCUT2D eigenvalue weighted by Gasteiger charge is -2.11. The second-order valence-electron chi connectivity index (χ2n) is 5.89. The standard InChI is InChI=1S/C18H21N3O4S2/c1-10-7-11(2)21-18(20-10)26-9-16(23)25-12(3)17(24)15-6-5-14(27-15)8-19-13(4)22/h5-7,12H,8-9H2,1-4H3,(H,19,22). The second-order valence-corrected chi connectivity index (χ2v) is 8.00. The van der Waals surface area contributed by atoms with Gasteiger partial charge in [-0.2, -0.15) is 0 Å². The number of hydrogen-bond acceptors (Lipinski definition) is 8. The number of thiophene rings is 1. The van der Waals surface area contributed by atoms with E-state index in [2.05, 4.69) is 15.3 Å². The van der Waals surface area contributed by atoms with Crippen molar-refractivity contribution in [1.82, 2.24) is 15.3 Å². The van der Waals surface area contributed by atoms with Gasteiger partial charge in [-0.25, -0.2) is 9.97 Å². The van der Waals surface area contributed by atoms with Crippen LogP contribution < -0.4 is 5.32 Å². The molecule has 0 aliphatic carbocycles. The van der Waals surface area contributed by atoms with Gasteiger partial charge in [0.1, 0.15) is 0 Å². The predicted molar refractivity (Wildman–Crippen MR) is 104 cm³/mol. The molecule has 1 atom stereocenters. The fourth-order valence-corrected chi connectivity index (χ4v) is 3.88. The van der Waals surface area contributed by atoms with E-state index in [4.69, 9.17) is 4.74 Å². The molecule has 144 valence electrons. The Bertz CT molecular complexity index is 831. The first-order valence-electron chi connectivity index (χ1n) is 8.26. The van der Waals surface area contributed by atoms with Gasteiger partial charge < -0.3 is 10.1 Å². The summed E-state index contributed by atoms with van der Waals surface area (Å²) in [6, 6.07) is 5.30. The van der Waals surface area contributed by atoms with E-state index >= 15 is 0 Å². The molecule has 0 aliphatic rings. The lowest BCUT2D eigenvalue weighted by atomic mass is 10.2. The number of carbonyl (C=O) groups excluding carboxylic acids is 3. The van der Waals surface area contributed by atoms with E-state index in [-0.39, 0.29) is 17.4 Å². The van der Waals surface area contributed by atoms with E-state index in [1.54, 1.807) is 19.1 Å². The van der Waals surface area contributed by atoms with E-state index in [1.807, 2.05) is 19.9 Å². The maximum absolute atomic E-state index is 12.4. The largest absolute Gasteiger partial charge is 0.454 e. The van der Waals surface area contributed by atoms with Crippen LogP contribution in [0.2, 0.25) is 0 Å². The molecule has 0 spiro atoms. The molecule has 1 N–H and O–H groups in total. The fraction of sp³-hybridized carbons (Fsp3) is 0.389. The molecule has 1 unspecified atom stereocenters. The van der Waals surface area contributed by atoms with Crippen molar-refractivity contribution in [3.63, 3.8) is 0 Å². The molecule has 0 radical (unpaired) electrons. The number of ether oxygens (including phenoxy) is 1. The normalized spacial score (nSPS) is 11.7. The van der Waals surface area contributed by atoms with Crippen molar-refractivity contribution in [2.75, 3.05) is 5.75 Å². The molecule has 2 aromatic rings. The molecular formula is C18H21N3O4S2. The highest BCUT2D eigenvalue weighted by atomic mass is 32.2. The third kappa shape index (κ3) is 6.76. The molecule has 0 fully saturated rings. The Hall–Kier alpha value is -2.26. The maximum Gasteiger partial charge on any atom is 0.317 e. The number of rotatable bonds is 8. The second kappa shape index (κ2) is 9.61. The molecule has 7 nitrogen and oxygen atoms in total. The van der Waals surface area contributed by atoms with Crippen molar-refractivity contribution in [2.45, 2.75) is 45.5 Å². The molecule has 0 aromatic carbocycles. The smallest absolute Gasteiger partial charge is 0.317 e. The number of carbonyl (C=O) groups is 3. The number of Topliss-reactive ketones (excluding diaryl/α,β-unsaturated/α-hetero) is 1. The van der Waals surface area contributed by atoms with Crippen molar-refractivity contribution < 1.29 is 19.1 Å². The van der Waals surface area contributed by atoms with E-state index in [0.29, 0.717) is 16.6 Å². The first kappa shape index (κ1) is 21.0. The summed E-state index contributed by atoms with van der Waals surface area (Å²) in [7, 11) is 0. The van der Waals surface area contributed by atoms with Crippen molar-refractivity contribution >= 4 is 40.8 Å². The summed E-state index contributed by atoms with van der Waals surface area (Å²) in [5.74, 6) is -0.879. The molecule has 0 bridgehead atoms. The minimum absolute atomic E-state index is 0.0265. The summed E-state index contributed by atoms with van der Waals surface area (Å²) in [6.07, 6.45) is -0.884. The molecular weight excluding hydrogens is 386 g/mol. The first-order chi connectivity index (χ1) is 12.7. The number of nitrogens with one attached hydrogen (secondary N) is 1. The Morgan fingerprint density at radius 1 is 1.22 bits per heavy atom. The van der Waals surface area contributed by atoms with Crippen LogP contribution in [0.15, 0.2) is 23.4 Å². The van der Waals surface area contributed by atoms with Gasteiger partial charge in [0.05, 0.1) is 17.2 Å². The van der Waals surface area contributed by atoms with E-state index in [1.165, 1.54) is 30.0 Å². The van der Waals surface area contributed by atoms with E-state index < -0.39 is 12.1 Å². The summed E-state index contributed by atoms with van der Waals surface area (Å²) in [5.41, 5.74) is 1.66. The van der Waals surface area contributed by atoms with Crippen LogP contribution in [-0.2, 0) is 20.9 Å². The fourth-order valence-electron chi connectivity index (χ4n) is 2.18. The van der Waals surface area contributed by atoms with Crippen molar-refractivity contribution in [1.29, 1.82) is 0 Å². The van der Waals surface area contributed by atoms with Gasteiger partial charge in [-0.1, -0.05) is 11.8 Å². The number of ketones is 1. The molecule has 0 saturated carbocycles. The number of hydrogen-bond donors (Lipinski definition) is 1. The predicted octanol–water partition coefficient (Wildman–Crippen LogP) is 2.70. The number of thioether (sulfide) groups is 1. The molecule has 27 heavy (non-hydrogen) atoms. The summed E-state index contributed by atoms with van der Waals surface area (Å²) in [5, 5.41) is 3.18. The van der Waals surface area contributed by atoms with Crippen LogP contribution in [0.5, 0.6) is 0 Å². The molecule has 2 aromatic heterocycles. The molecule has 1 amide bonds. The molecule has 0 aliphatic heterocycles. The molecule has 0 saturated heterocycles. The Kier molecular flexibility index (Phi) is 7.49. The quantitative estimate of drug-likeness (QED) is 0.311. The zero-order valence-corrected chi connectivity index (χ0v) is 17.2. The van der Waals surface area contributed by atoms with Crippen LogP contribution >= 0.6 is 23.1 Å². The SMILES string of the molecule is CC(=O)NCc1ccc(C(=O)C(C)OC(=O)CSc2nc(C)cc(C)n2)s1. The van der Waals surface area contributed by atoms with Crippen molar-refractivity contribution in [3.05, 3.63) is 39.3 Å². The van der Waals surface area contributed by atoms with Gasteiger partial charge in [-0.15, -0.1) is 11.3 Å². The molecule has 2 heterocycles. The maximum atomic E-state index is 12.4. The first-order valence-corrected chi connectivity index (χ1v) is 10.1. The van der Waals surface area contributed by atoms with E-state index in [9.17, 15) is 14.4 Å². The highest BCUT2D eigenvalue weighted by molar-refractivity contribution is 7.99. The topological polar surface area (TPSA) is 98.2 Å². The van der Waals surface area contributed by atoms with Crippen LogP contribution in [0.1, 0.15) is 39.8 Å². The highest BCUT2D eigenvalue weighted by Crippen LogP contribution is 2.20. The van der Waals surface area contributed by atoms with Crippen LogP contribution in [0.4, 0.5) is 0 Å². The van der Waals surface area contributed by atoms with Gasteiger partial charge in [-0.05, 0) is 39.0 Å². The zero-order chi connectivity index (χ0) is 20.0. The minimum atomic E-state index is -0.884. The monoisotopic (exact) mass is 407 g/mol. The number of aryl methyl sites for hydroxylation is 2. The van der Waals surface area contributed by atoms with Crippen LogP contribution in [0.25, 0.3) is 0 Å². The summed E-state index contributed by atoms with van der Waals surface area (Å²) < 4.78 is 5.23. The lowest BCUT2D eigenvalue weighted by molar-refractivity contribution is -0.143. The number of aromatic nitrogens is 2. The summed E-state index contributed by atoms with van der Waals surface area (Å²) in [6.45, 7) is 7.07. The average Bonchev–Trinajstić information content (AvgIpc) is 3.05. The number of esters is 1. The third-order valence-corrected chi connectivity index (χ3v) is 5.30. The van der Waals surface area contributed by atoms with Crippen molar-refractivity contribution in [3.8, 4) is 0 Å². The third-order valence-electron chi connectivity index (χ3n) is 3.37. The highest BCUT2D eigenvalue weighted by Gasteiger charge is 2.21. The van der Waals surface area contributed by atoms with Gasteiger partial charge in [-0.3, -0.25) is 14.4 Å². The molecule has 9 heteroatoms. The van der Waals surface area contributed by atoms with Gasteiger partial charge in [0, 0.05) is 23.2 Å². The Balaban J connectivity index is 1.86. The lowest BCUT2D eigenvalue weighted by Crippen LogP contribution is -2.24. The number of nitrogens with zero attached hydrogens (tertiary/aromatic N) is 2. The van der Waals surface area contributed by atoms with Gasteiger partial charge in [0.15, 0.2) is 11.3 Å². The van der Waals surface area contributed by atoms with Gasteiger partial charge in [0.2, 0.25) is 11.7 Å². The minimum Gasteiger partial charge on any atom is -0.454 e. The Labute approximate surface area is 165 Å². The van der Waals surface area contributed by atoms with E-state index in [0.717, 1.165) is 16.3 Å². The average molecular weight is 408 g/mol. The van der Waals surface area contributed by atoms with Crippen molar-refractivity contribution in [2.24, 2.45) is 0 Å². The van der Waals surface area contributed by atoms with Crippen LogP contribution in [-0.4, -0.2) is 39.5 Å². The van der Waals surface area contributed by atoms with Gasteiger partial charge in [0.25, 0.3) is 0 Å². The Morgan fingerprint density at radius 2 is 1.89 bits per heavy atom. The number of amides is 1.